The zero-order chi connectivity index (χ0) is 18.8. The lowest BCUT2D eigenvalue weighted by Gasteiger charge is -2.36. The number of nitrogens with two attached hydrogens (primary N) is 2. The number of carbonyl (C=O) groups excluding carboxylic acids is 2. The molecule has 0 aromatic heterocycles. The van der Waals surface area contributed by atoms with Crippen molar-refractivity contribution in [2.75, 3.05) is 31.1 Å². The molecule has 1 aliphatic rings. The first-order chi connectivity index (χ1) is 11.6. The third-order valence-electron chi connectivity index (χ3n) is 3.85. The highest BCUT2D eigenvalue weighted by molar-refractivity contribution is 6.02. The molecular weight excluding hydrogens is 339 g/mol. The average Bonchev–Trinajstić information content (AvgIpc) is 2.53. The molecule has 0 aliphatic carbocycles. The number of carbonyl (C=O) groups is 2. The standard InChI is InChI=1S/C15H18F3N5O2/c1-9(24)22-4-6-23(7-5-22)12-3-2-10(13(25)21-14(19)20)8-11(12)15(16,17)18/h2-3,8H,4-7H2,1H3,(H4,19,20,21,25). The smallest absolute Gasteiger partial charge is 0.370 e. The van der Waals surface area contributed by atoms with E-state index in [1.54, 1.807) is 4.90 Å². The molecule has 1 heterocycles. The summed E-state index contributed by atoms with van der Waals surface area (Å²) in [4.78, 5) is 29.5. The number of rotatable bonds is 2. The van der Waals surface area contributed by atoms with Crippen molar-refractivity contribution in [2.45, 2.75) is 13.1 Å². The van der Waals surface area contributed by atoms with Gasteiger partial charge in [0.2, 0.25) is 5.91 Å². The zero-order valence-electron chi connectivity index (χ0n) is 13.5. The summed E-state index contributed by atoms with van der Waals surface area (Å²) in [6.45, 7) is 2.62. The highest BCUT2D eigenvalue weighted by atomic mass is 19.4. The SMILES string of the molecule is CC(=O)N1CCN(c2ccc(C(=O)N=C(N)N)cc2C(F)(F)F)CC1. The minimum Gasteiger partial charge on any atom is -0.370 e. The summed E-state index contributed by atoms with van der Waals surface area (Å²) in [5.74, 6) is -1.59. The third kappa shape index (κ3) is 4.40. The fraction of sp³-hybridized carbons (Fsp3) is 0.400. The minimum absolute atomic E-state index is 0.0445. The van der Waals surface area contributed by atoms with Crippen LogP contribution in [0, 0.1) is 0 Å². The van der Waals surface area contributed by atoms with Crippen molar-refractivity contribution in [2.24, 2.45) is 16.5 Å². The van der Waals surface area contributed by atoms with Gasteiger partial charge in [0.05, 0.1) is 5.56 Å². The van der Waals surface area contributed by atoms with Gasteiger partial charge in [-0.3, -0.25) is 9.59 Å². The van der Waals surface area contributed by atoms with Gasteiger partial charge < -0.3 is 21.3 Å². The van der Waals surface area contributed by atoms with Gasteiger partial charge in [-0.05, 0) is 18.2 Å². The number of amides is 2. The van der Waals surface area contributed by atoms with Crippen LogP contribution < -0.4 is 16.4 Å². The average molecular weight is 357 g/mol. The second-order valence-corrected chi connectivity index (χ2v) is 5.56. The fourth-order valence-electron chi connectivity index (χ4n) is 2.62. The Hall–Kier alpha value is -2.78. The summed E-state index contributed by atoms with van der Waals surface area (Å²) < 4.78 is 40.3. The van der Waals surface area contributed by atoms with Gasteiger partial charge in [0.25, 0.3) is 5.91 Å². The van der Waals surface area contributed by atoms with Crippen molar-refractivity contribution in [3.05, 3.63) is 29.3 Å². The van der Waals surface area contributed by atoms with Gasteiger partial charge in [0, 0.05) is 44.4 Å². The van der Waals surface area contributed by atoms with Crippen molar-refractivity contribution < 1.29 is 22.8 Å². The van der Waals surface area contributed by atoms with Crippen LogP contribution in [0.3, 0.4) is 0 Å². The van der Waals surface area contributed by atoms with E-state index in [1.165, 1.54) is 24.0 Å². The molecule has 0 unspecified atom stereocenters. The van der Waals surface area contributed by atoms with Crippen molar-refractivity contribution in [1.82, 2.24) is 4.90 Å². The summed E-state index contributed by atoms with van der Waals surface area (Å²) >= 11 is 0. The Balaban J connectivity index is 2.34. The Bertz CT molecular complexity index is 706. The summed E-state index contributed by atoms with van der Waals surface area (Å²) in [7, 11) is 0. The lowest BCUT2D eigenvalue weighted by atomic mass is 10.1. The Morgan fingerprint density at radius 2 is 1.72 bits per heavy atom. The number of aliphatic imine (C=N–C) groups is 1. The zero-order valence-corrected chi connectivity index (χ0v) is 13.5. The molecule has 25 heavy (non-hydrogen) atoms. The summed E-state index contributed by atoms with van der Waals surface area (Å²) in [5, 5.41) is 0. The maximum absolute atomic E-state index is 13.4. The summed E-state index contributed by atoms with van der Waals surface area (Å²) in [6.07, 6.45) is -4.65. The first kappa shape index (κ1) is 18.6. The van der Waals surface area contributed by atoms with E-state index in [9.17, 15) is 22.8 Å². The van der Waals surface area contributed by atoms with E-state index in [0.29, 0.717) is 13.1 Å². The van der Waals surface area contributed by atoms with Gasteiger partial charge in [-0.1, -0.05) is 0 Å². The first-order valence-electron chi connectivity index (χ1n) is 7.45. The molecule has 4 N–H and O–H groups in total. The number of nitrogens with zero attached hydrogens (tertiary/aromatic N) is 3. The molecule has 1 fully saturated rings. The Morgan fingerprint density at radius 3 is 2.20 bits per heavy atom. The maximum Gasteiger partial charge on any atom is 0.418 e. The van der Waals surface area contributed by atoms with E-state index in [4.69, 9.17) is 11.5 Å². The second kappa shape index (κ2) is 6.99. The molecule has 136 valence electrons. The normalized spacial score (nSPS) is 15.0. The van der Waals surface area contributed by atoms with Crippen LogP contribution in [0.4, 0.5) is 18.9 Å². The van der Waals surface area contributed by atoms with E-state index in [0.717, 1.165) is 6.07 Å². The molecule has 0 saturated carbocycles. The molecule has 1 saturated heterocycles. The van der Waals surface area contributed by atoms with Gasteiger partial charge >= 0.3 is 6.18 Å². The number of piperazine rings is 1. The maximum atomic E-state index is 13.4. The molecule has 1 aromatic carbocycles. The molecule has 0 bridgehead atoms. The first-order valence-corrected chi connectivity index (χ1v) is 7.45. The highest BCUT2D eigenvalue weighted by Gasteiger charge is 2.36. The number of hydrogen-bond acceptors (Lipinski definition) is 3. The van der Waals surface area contributed by atoms with Crippen molar-refractivity contribution in [3.63, 3.8) is 0 Å². The number of alkyl halides is 3. The van der Waals surface area contributed by atoms with Crippen molar-refractivity contribution >= 4 is 23.5 Å². The van der Waals surface area contributed by atoms with Crippen LogP contribution in [0.25, 0.3) is 0 Å². The quantitative estimate of drug-likeness (QED) is 0.601. The van der Waals surface area contributed by atoms with Gasteiger partial charge in [0.15, 0.2) is 5.96 Å². The summed E-state index contributed by atoms with van der Waals surface area (Å²) in [6, 6.07) is 3.21. The number of halogens is 3. The van der Waals surface area contributed by atoms with Crippen LogP contribution in [-0.2, 0) is 11.0 Å². The van der Waals surface area contributed by atoms with Gasteiger partial charge in [0.1, 0.15) is 0 Å². The van der Waals surface area contributed by atoms with E-state index in [-0.39, 0.29) is 30.2 Å². The lowest BCUT2D eigenvalue weighted by Crippen LogP contribution is -2.48. The molecule has 0 spiro atoms. The van der Waals surface area contributed by atoms with Crippen LogP contribution in [0.2, 0.25) is 0 Å². The van der Waals surface area contributed by atoms with Crippen molar-refractivity contribution in [3.8, 4) is 0 Å². The molecule has 2 rings (SSSR count). The Kier molecular flexibility index (Phi) is 5.19. The molecule has 0 atom stereocenters. The number of anilines is 1. The predicted molar refractivity (Wildman–Crippen MR) is 86.1 cm³/mol. The van der Waals surface area contributed by atoms with Crippen LogP contribution >= 0.6 is 0 Å². The molecule has 0 radical (unpaired) electrons. The van der Waals surface area contributed by atoms with Gasteiger partial charge in [-0.25, -0.2) is 0 Å². The van der Waals surface area contributed by atoms with Crippen LogP contribution in [0.5, 0.6) is 0 Å². The lowest BCUT2D eigenvalue weighted by molar-refractivity contribution is -0.137. The Morgan fingerprint density at radius 1 is 1.12 bits per heavy atom. The second-order valence-electron chi connectivity index (χ2n) is 5.56. The molecular formula is C15H18F3N5O2. The van der Waals surface area contributed by atoms with Gasteiger partial charge in [-0.15, -0.1) is 0 Å². The van der Waals surface area contributed by atoms with Crippen LogP contribution in [0.1, 0.15) is 22.8 Å². The number of benzene rings is 1. The van der Waals surface area contributed by atoms with Crippen LogP contribution in [0.15, 0.2) is 23.2 Å². The topological polar surface area (TPSA) is 105 Å². The van der Waals surface area contributed by atoms with E-state index < -0.39 is 23.6 Å². The molecule has 1 aliphatic heterocycles. The van der Waals surface area contributed by atoms with Crippen molar-refractivity contribution in [1.29, 1.82) is 0 Å². The molecule has 1 aromatic rings. The van der Waals surface area contributed by atoms with E-state index >= 15 is 0 Å². The fourth-order valence-corrected chi connectivity index (χ4v) is 2.62. The number of hydrogen-bond donors (Lipinski definition) is 2. The minimum atomic E-state index is -4.65. The van der Waals surface area contributed by atoms with Crippen LogP contribution in [-0.4, -0.2) is 48.9 Å². The monoisotopic (exact) mass is 357 g/mol. The predicted octanol–water partition coefficient (Wildman–Crippen LogP) is 0.788. The van der Waals surface area contributed by atoms with E-state index in [2.05, 4.69) is 4.99 Å². The summed E-state index contributed by atoms with van der Waals surface area (Å²) in [5.41, 5.74) is 8.92. The highest BCUT2D eigenvalue weighted by Crippen LogP contribution is 2.37. The molecule has 2 amide bonds. The van der Waals surface area contributed by atoms with E-state index in [1.807, 2.05) is 0 Å². The molecule has 10 heteroatoms. The third-order valence-corrected chi connectivity index (χ3v) is 3.85. The molecule has 7 nitrogen and oxygen atoms in total. The Labute approximate surface area is 142 Å². The number of guanidine groups is 1. The van der Waals surface area contributed by atoms with Gasteiger partial charge in [-0.2, -0.15) is 18.2 Å². The largest absolute Gasteiger partial charge is 0.418 e.